The Bertz CT molecular complexity index is 249. The normalized spacial score (nSPS) is 41.1. The van der Waals surface area contributed by atoms with Gasteiger partial charge in [0.25, 0.3) is 0 Å². The fourth-order valence-electron chi connectivity index (χ4n) is 2.53. The van der Waals surface area contributed by atoms with Gasteiger partial charge in [0.15, 0.2) is 0 Å². The molecule has 0 aromatic rings. The summed E-state index contributed by atoms with van der Waals surface area (Å²) in [6.45, 7) is 0. The van der Waals surface area contributed by atoms with Crippen molar-refractivity contribution >= 4 is 5.97 Å². The molecule has 3 nitrogen and oxygen atoms in total. The van der Waals surface area contributed by atoms with Crippen LogP contribution in [0, 0.1) is 17.8 Å². The van der Waals surface area contributed by atoms with Crippen LogP contribution in [0.3, 0.4) is 0 Å². The second kappa shape index (κ2) is 3.14. The van der Waals surface area contributed by atoms with Crippen LogP contribution in [0.5, 0.6) is 0 Å². The number of ether oxygens (including phenoxy) is 1. The zero-order valence-electron chi connectivity index (χ0n) is 7.77. The first-order valence-electron chi connectivity index (χ1n) is 4.73. The molecule has 0 saturated heterocycles. The zero-order valence-corrected chi connectivity index (χ0v) is 7.77. The van der Waals surface area contributed by atoms with E-state index in [1.54, 1.807) is 0 Å². The molecule has 2 bridgehead atoms. The standard InChI is InChI=1S/C10H15NO2/c1-13-9(12)5-8-6-2-3-7(4-6)10(8)11/h2-3,6-8,10H,4-5,11H2,1H3. The summed E-state index contributed by atoms with van der Waals surface area (Å²) in [5.41, 5.74) is 6.01. The number of rotatable bonds is 2. The second-order valence-corrected chi connectivity index (χ2v) is 3.97. The SMILES string of the molecule is COC(=O)CC1C2C=CC(C2)C1N. The highest BCUT2D eigenvalue weighted by Gasteiger charge is 2.43. The van der Waals surface area contributed by atoms with E-state index in [4.69, 9.17) is 5.73 Å². The molecule has 4 unspecified atom stereocenters. The van der Waals surface area contributed by atoms with Gasteiger partial charge in [0, 0.05) is 6.04 Å². The Morgan fingerprint density at radius 2 is 2.23 bits per heavy atom. The Labute approximate surface area is 77.9 Å². The van der Waals surface area contributed by atoms with Gasteiger partial charge in [-0.15, -0.1) is 0 Å². The summed E-state index contributed by atoms with van der Waals surface area (Å²) in [7, 11) is 1.43. The van der Waals surface area contributed by atoms with Crippen LogP contribution >= 0.6 is 0 Å². The topological polar surface area (TPSA) is 52.3 Å². The van der Waals surface area contributed by atoms with Gasteiger partial charge in [-0.25, -0.2) is 0 Å². The summed E-state index contributed by atoms with van der Waals surface area (Å²) in [6.07, 6.45) is 5.98. The summed E-state index contributed by atoms with van der Waals surface area (Å²) < 4.78 is 4.65. The number of carbonyl (C=O) groups is 1. The highest BCUT2D eigenvalue weighted by atomic mass is 16.5. The molecule has 1 saturated carbocycles. The van der Waals surface area contributed by atoms with Crippen molar-refractivity contribution < 1.29 is 9.53 Å². The van der Waals surface area contributed by atoms with Crippen molar-refractivity contribution in [1.29, 1.82) is 0 Å². The van der Waals surface area contributed by atoms with Crippen LogP contribution in [0.25, 0.3) is 0 Å². The van der Waals surface area contributed by atoms with E-state index >= 15 is 0 Å². The third-order valence-corrected chi connectivity index (χ3v) is 3.32. The third kappa shape index (κ3) is 1.37. The quantitative estimate of drug-likeness (QED) is 0.504. The zero-order chi connectivity index (χ0) is 9.42. The number of esters is 1. The van der Waals surface area contributed by atoms with Crippen LogP contribution in [0.2, 0.25) is 0 Å². The number of hydrogen-bond donors (Lipinski definition) is 1. The minimum absolute atomic E-state index is 0.138. The first kappa shape index (κ1) is 8.75. The molecule has 2 N–H and O–H groups in total. The molecule has 3 heteroatoms. The molecule has 0 aromatic heterocycles. The van der Waals surface area contributed by atoms with Gasteiger partial charge in [-0.1, -0.05) is 12.2 Å². The summed E-state index contributed by atoms with van der Waals surface area (Å²) in [5.74, 6) is 1.18. The monoisotopic (exact) mass is 181 g/mol. The molecule has 13 heavy (non-hydrogen) atoms. The number of methoxy groups -OCH3 is 1. The van der Waals surface area contributed by atoms with E-state index in [2.05, 4.69) is 16.9 Å². The molecule has 0 heterocycles. The molecule has 0 aliphatic heterocycles. The summed E-state index contributed by atoms with van der Waals surface area (Å²) in [4.78, 5) is 11.1. The van der Waals surface area contributed by atoms with Crippen LogP contribution in [-0.2, 0) is 9.53 Å². The van der Waals surface area contributed by atoms with Gasteiger partial charge in [-0.2, -0.15) is 0 Å². The lowest BCUT2D eigenvalue weighted by molar-refractivity contribution is -0.142. The molecule has 1 fully saturated rings. The van der Waals surface area contributed by atoms with Crippen LogP contribution in [0.15, 0.2) is 12.2 Å². The van der Waals surface area contributed by atoms with E-state index in [-0.39, 0.29) is 12.0 Å². The first-order valence-corrected chi connectivity index (χ1v) is 4.73. The average Bonchev–Trinajstić information content (AvgIpc) is 2.69. The molecule has 2 aliphatic rings. The maximum absolute atomic E-state index is 11.1. The average molecular weight is 181 g/mol. The van der Waals surface area contributed by atoms with Crippen molar-refractivity contribution in [3.63, 3.8) is 0 Å². The maximum atomic E-state index is 11.1. The van der Waals surface area contributed by atoms with Crippen molar-refractivity contribution in [2.75, 3.05) is 7.11 Å². The fourth-order valence-corrected chi connectivity index (χ4v) is 2.53. The molecule has 4 atom stereocenters. The van der Waals surface area contributed by atoms with Gasteiger partial charge < -0.3 is 10.5 Å². The van der Waals surface area contributed by atoms with Gasteiger partial charge >= 0.3 is 5.97 Å². The number of nitrogens with two attached hydrogens (primary N) is 1. The predicted molar refractivity (Wildman–Crippen MR) is 48.8 cm³/mol. The van der Waals surface area contributed by atoms with Crippen LogP contribution < -0.4 is 5.73 Å². The molecule has 0 aromatic carbocycles. The smallest absolute Gasteiger partial charge is 0.305 e. The molecular formula is C10H15NO2. The van der Waals surface area contributed by atoms with E-state index in [0.29, 0.717) is 24.2 Å². The molecule has 72 valence electrons. The van der Waals surface area contributed by atoms with E-state index < -0.39 is 0 Å². The first-order chi connectivity index (χ1) is 6.22. The number of fused-ring (bicyclic) bond motifs is 2. The van der Waals surface area contributed by atoms with E-state index in [9.17, 15) is 4.79 Å². The van der Waals surface area contributed by atoms with E-state index in [1.807, 2.05) is 0 Å². The Hall–Kier alpha value is -0.830. The van der Waals surface area contributed by atoms with Gasteiger partial charge in [-0.05, 0) is 24.2 Å². The van der Waals surface area contributed by atoms with Crippen LogP contribution in [0.1, 0.15) is 12.8 Å². The Morgan fingerprint density at radius 3 is 2.77 bits per heavy atom. The lowest BCUT2D eigenvalue weighted by Crippen LogP contribution is -2.35. The van der Waals surface area contributed by atoms with E-state index in [0.717, 1.165) is 6.42 Å². The molecular weight excluding hydrogens is 166 g/mol. The van der Waals surface area contributed by atoms with Gasteiger partial charge in [0.1, 0.15) is 0 Å². The third-order valence-electron chi connectivity index (χ3n) is 3.32. The fraction of sp³-hybridized carbons (Fsp3) is 0.700. The minimum atomic E-state index is -0.138. The molecule has 2 aliphatic carbocycles. The largest absolute Gasteiger partial charge is 0.469 e. The minimum Gasteiger partial charge on any atom is -0.469 e. The van der Waals surface area contributed by atoms with Gasteiger partial charge in [0.2, 0.25) is 0 Å². The molecule has 0 spiro atoms. The van der Waals surface area contributed by atoms with Gasteiger partial charge in [-0.3, -0.25) is 4.79 Å². The summed E-state index contributed by atoms with van der Waals surface area (Å²) in [6, 6.07) is 0.161. The van der Waals surface area contributed by atoms with Crippen molar-refractivity contribution in [3.05, 3.63) is 12.2 Å². The van der Waals surface area contributed by atoms with Gasteiger partial charge in [0.05, 0.1) is 13.5 Å². The van der Waals surface area contributed by atoms with E-state index in [1.165, 1.54) is 7.11 Å². The van der Waals surface area contributed by atoms with Crippen molar-refractivity contribution in [2.45, 2.75) is 18.9 Å². The second-order valence-electron chi connectivity index (χ2n) is 3.97. The summed E-state index contributed by atoms with van der Waals surface area (Å²) in [5, 5.41) is 0. The Morgan fingerprint density at radius 1 is 1.54 bits per heavy atom. The maximum Gasteiger partial charge on any atom is 0.305 e. The molecule has 0 amide bonds. The lowest BCUT2D eigenvalue weighted by Gasteiger charge is -2.23. The summed E-state index contributed by atoms with van der Waals surface area (Å²) >= 11 is 0. The Kier molecular flexibility index (Phi) is 2.12. The van der Waals surface area contributed by atoms with Crippen molar-refractivity contribution in [3.8, 4) is 0 Å². The number of hydrogen-bond acceptors (Lipinski definition) is 3. The van der Waals surface area contributed by atoms with Crippen LogP contribution in [0.4, 0.5) is 0 Å². The lowest BCUT2D eigenvalue weighted by atomic mass is 9.87. The van der Waals surface area contributed by atoms with Crippen LogP contribution in [-0.4, -0.2) is 19.1 Å². The number of allylic oxidation sites excluding steroid dienone is 1. The highest BCUT2D eigenvalue weighted by Crippen LogP contribution is 2.44. The highest BCUT2D eigenvalue weighted by molar-refractivity contribution is 5.69. The molecule has 2 rings (SSSR count). The van der Waals surface area contributed by atoms with Crippen molar-refractivity contribution in [1.82, 2.24) is 0 Å². The predicted octanol–water partition coefficient (Wildman–Crippen LogP) is 0.699. The van der Waals surface area contributed by atoms with Crippen molar-refractivity contribution in [2.24, 2.45) is 23.5 Å². The number of carbonyl (C=O) groups excluding carboxylic acids is 1. The molecule has 0 radical (unpaired) electrons. The Balaban J connectivity index is 2.01.